The van der Waals surface area contributed by atoms with Gasteiger partial charge in [0.15, 0.2) is 0 Å². The van der Waals surface area contributed by atoms with E-state index in [-0.39, 0.29) is 24.6 Å². The minimum Gasteiger partial charge on any atom is -0.469 e. The third-order valence-corrected chi connectivity index (χ3v) is 3.43. The maximum atomic E-state index is 11.9. The van der Waals surface area contributed by atoms with Crippen molar-refractivity contribution in [2.75, 3.05) is 20.2 Å². The first-order valence-electron chi connectivity index (χ1n) is 6.71. The molecule has 20 heavy (non-hydrogen) atoms. The summed E-state index contributed by atoms with van der Waals surface area (Å²) < 4.78 is 9.90. The van der Waals surface area contributed by atoms with E-state index in [0.717, 1.165) is 12.0 Å². The Labute approximate surface area is 118 Å². The molecule has 5 nitrogen and oxygen atoms in total. The lowest BCUT2D eigenvalue weighted by Gasteiger charge is -2.16. The number of benzene rings is 1. The molecular weight excluding hydrogens is 258 g/mol. The third-order valence-electron chi connectivity index (χ3n) is 3.43. The number of amides is 1. The predicted molar refractivity (Wildman–Crippen MR) is 72.9 cm³/mol. The summed E-state index contributed by atoms with van der Waals surface area (Å²) in [5, 5.41) is 0. The summed E-state index contributed by atoms with van der Waals surface area (Å²) >= 11 is 0. The molecule has 1 aliphatic heterocycles. The van der Waals surface area contributed by atoms with Crippen LogP contribution >= 0.6 is 0 Å². The van der Waals surface area contributed by atoms with Crippen LogP contribution in [0.2, 0.25) is 0 Å². The van der Waals surface area contributed by atoms with E-state index in [2.05, 4.69) is 4.74 Å². The van der Waals surface area contributed by atoms with E-state index in [0.29, 0.717) is 19.5 Å². The Balaban J connectivity index is 1.75. The molecule has 1 fully saturated rings. The summed E-state index contributed by atoms with van der Waals surface area (Å²) in [6, 6.07) is 9.56. The maximum Gasteiger partial charge on any atom is 0.410 e. The van der Waals surface area contributed by atoms with Crippen LogP contribution in [0.15, 0.2) is 30.3 Å². The molecule has 0 aliphatic carbocycles. The topological polar surface area (TPSA) is 55.8 Å². The van der Waals surface area contributed by atoms with E-state index in [9.17, 15) is 9.59 Å². The summed E-state index contributed by atoms with van der Waals surface area (Å²) in [4.78, 5) is 24.8. The quantitative estimate of drug-likeness (QED) is 0.792. The average Bonchev–Trinajstić information content (AvgIpc) is 2.94. The molecule has 1 amide bonds. The number of hydrogen-bond acceptors (Lipinski definition) is 4. The van der Waals surface area contributed by atoms with Crippen molar-refractivity contribution in [1.82, 2.24) is 4.90 Å². The standard InChI is InChI=1S/C15H19NO4/c1-19-14(17)9-13-7-8-16(10-13)15(18)20-11-12-5-3-2-4-6-12/h2-6,13H,7-11H2,1H3/t13-/m1/s1. The van der Waals surface area contributed by atoms with Crippen LogP contribution in [-0.4, -0.2) is 37.2 Å². The lowest BCUT2D eigenvalue weighted by Crippen LogP contribution is -2.29. The van der Waals surface area contributed by atoms with Crippen LogP contribution in [0.5, 0.6) is 0 Å². The zero-order valence-electron chi connectivity index (χ0n) is 11.6. The average molecular weight is 277 g/mol. The molecule has 1 aromatic rings. The highest BCUT2D eigenvalue weighted by atomic mass is 16.6. The Morgan fingerprint density at radius 1 is 1.30 bits per heavy atom. The fourth-order valence-electron chi connectivity index (χ4n) is 2.29. The molecule has 1 aromatic carbocycles. The number of rotatable bonds is 4. The zero-order valence-corrected chi connectivity index (χ0v) is 11.6. The zero-order chi connectivity index (χ0) is 14.4. The van der Waals surface area contributed by atoms with E-state index in [4.69, 9.17) is 4.74 Å². The number of likely N-dealkylation sites (tertiary alicyclic amines) is 1. The fraction of sp³-hybridized carbons (Fsp3) is 0.467. The molecule has 108 valence electrons. The smallest absolute Gasteiger partial charge is 0.410 e. The van der Waals surface area contributed by atoms with E-state index in [1.54, 1.807) is 4.90 Å². The highest BCUT2D eigenvalue weighted by molar-refractivity contribution is 5.70. The van der Waals surface area contributed by atoms with E-state index in [1.807, 2.05) is 30.3 Å². The number of carbonyl (C=O) groups is 2. The fourth-order valence-corrected chi connectivity index (χ4v) is 2.29. The van der Waals surface area contributed by atoms with E-state index < -0.39 is 0 Å². The van der Waals surface area contributed by atoms with Crippen LogP contribution in [0, 0.1) is 5.92 Å². The van der Waals surface area contributed by atoms with Gasteiger partial charge in [-0.1, -0.05) is 30.3 Å². The first-order valence-corrected chi connectivity index (χ1v) is 6.71. The molecule has 0 N–H and O–H groups in total. The van der Waals surface area contributed by atoms with Crippen LogP contribution < -0.4 is 0 Å². The Hall–Kier alpha value is -2.04. The highest BCUT2D eigenvalue weighted by Gasteiger charge is 2.28. The van der Waals surface area contributed by atoms with E-state index in [1.165, 1.54) is 7.11 Å². The van der Waals surface area contributed by atoms with Crippen molar-refractivity contribution in [3.63, 3.8) is 0 Å². The Kier molecular flexibility index (Phi) is 4.98. The molecule has 1 heterocycles. The first kappa shape index (κ1) is 14.4. The number of nitrogens with zero attached hydrogens (tertiary/aromatic N) is 1. The van der Waals surface area contributed by atoms with Crippen LogP contribution in [-0.2, 0) is 20.9 Å². The van der Waals surface area contributed by atoms with Crippen molar-refractivity contribution < 1.29 is 19.1 Å². The second-order valence-electron chi connectivity index (χ2n) is 4.92. The van der Waals surface area contributed by atoms with Gasteiger partial charge in [0.2, 0.25) is 0 Å². The minimum atomic E-state index is -0.318. The van der Waals surface area contributed by atoms with Gasteiger partial charge < -0.3 is 14.4 Å². The molecule has 1 aliphatic rings. The van der Waals surface area contributed by atoms with Gasteiger partial charge >= 0.3 is 12.1 Å². The van der Waals surface area contributed by atoms with Crippen LogP contribution in [0.1, 0.15) is 18.4 Å². The van der Waals surface area contributed by atoms with Gasteiger partial charge in [0.25, 0.3) is 0 Å². The molecule has 2 rings (SSSR count). The van der Waals surface area contributed by atoms with Gasteiger partial charge in [-0.05, 0) is 17.9 Å². The second-order valence-corrected chi connectivity index (χ2v) is 4.92. The van der Waals surface area contributed by atoms with Gasteiger partial charge in [0.1, 0.15) is 6.61 Å². The Bertz CT molecular complexity index is 460. The molecule has 0 unspecified atom stereocenters. The number of ether oxygens (including phenoxy) is 2. The first-order chi connectivity index (χ1) is 9.69. The molecule has 0 bridgehead atoms. The Morgan fingerprint density at radius 3 is 2.75 bits per heavy atom. The van der Waals surface area contributed by atoms with Crippen molar-refractivity contribution >= 4 is 12.1 Å². The van der Waals surface area contributed by atoms with Gasteiger partial charge in [0, 0.05) is 13.1 Å². The summed E-state index contributed by atoms with van der Waals surface area (Å²) in [6.07, 6.45) is 0.857. The van der Waals surface area contributed by atoms with Gasteiger partial charge in [-0.3, -0.25) is 4.79 Å². The van der Waals surface area contributed by atoms with Crippen molar-refractivity contribution in [3.05, 3.63) is 35.9 Å². The molecule has 0 aromatic heterocycles. The largest absolute Gasteiger partial charge is 0.469 e. The van der Waals surface area contributed by atoms with Crippen LogP contribution in [0.25, 0.3) is 0 Å². The van der Waals surface area contributed by atoms with Crippen molar-refractivity contribution in [1.29, 1.82) is 0 Å². The number of esters is 1. The molecule has 0 radical (unpaired) electrons. The monoisotopic (exact) mass is 277 g/mol. The van der Waals surface area contributed by atoms with E-state index >= 15 is 0 Å². The number of methoxy groups -OCH3 is 1. The third kappa shape index (κ3) is 3.98. The SMILES string of the molecule is COC(=O)C[C@H]1CCN(C(=O)OCc2ccccc2)C1. The molecule has 5 heteroatoms. The summed E-state index contributed by atoms with van der Waals surface area (Å²) in [5.74, 6) is -0.0544. The van der Waals surface area contributed by atoms with Crippen LogP contribution in [0.4, 0.5) is 4.79 Å². The Morgan fingerprint density at radius 2 is 2.05 bits per heavy atom. The molecular formula is C15H19NO4. The molecule has 1 saturated heterocycles. The highest BCUT2D eigenvalue weighted by Crippen LogP contribution is 2.20. The number of carbonyl (C=O) groups excluding carboxylic acids is 2. The predicted octanol–water partition coefficient (Wildman–Crippen LogP) is 2.21. The van der Waals surface area contributed by atoms with Gasteiger partial charge in [-0.15, -0.1) is 0 Å². The number of hydrogen-bond donors (Lipinski definition) is 0. The second kappa shape index (κ2) is 6.93. The maximum absolute atomic E-state index is 11.9. The van der Waals surface area contributed by atoms with Crippen molar-refractivity contribution in [2.45, 2.75) is 19.4 Å². The van der Waals surface area contributed by atoms with Crippen LogP contribution in [0.3, 0.4) is 0 Å². The van der Waals surface area contributed by atoms with Gasteiger partial charge in [0.05, 0.1) is 13.5 Å². The normalized spacial score (nSPS) is 17.9. The molecule has 1 atom stereocenters. The summed E-state index contributed by atoms with van der Waals surface area (Å²) in [5.41, 5.74) is 0.964. The van der Waals surface area contributed by atoms with Gasteiger partial charge in [-0.2, -0.15) is 0 Å². The molecule has 0 saturated carbocycles. The summed E-state index contributed by atoms with van der Waals surface area (Å²) in [6.45, 7) is 1.47. The lowest BCUT2D eigenvalue weighted by atomic mass is 10.1. The van der Waals surface area contributed by atoms with Crippen molar-refractivity contribution in [3.8, 4) is 0 Å². The van der Waals surface area contributed by atoms with Crippen molar-refractivity contribution in [2.24, 2.45) is 5.92 Å². The molecule has 0 spiro atoms. The minimum absolute atomic E-state index is 0.173. The van der Waals surface area contributed by atoms with Gasteiger partial charge in [-0.25, -0.2) is 4.79 Å². The lowest BCUT2D eigenvalue weighted by molar-refractivity contribution is -0.141. The summed E-state index contributed by atoms with van der Waals surface area (Å²) in [7, 11) is 1.38.